The van der Waals surface area contributed by atoms with Gasteiger partial charge in [-0.15, -0.1) is 0 Å². The van der Waals surface area contributed by atoms with Crippen LogP contribution in [-0.4, -0.2) is 24.5 Å². The zero-order valence-corrected chi connectivity index (χ0v) is 20.4. The van der Waals surface area contributed by atoms with E-state index in [1.54, 1.807) is 18.2 Å². The van der Waals surface area contributed by atoms with Crippen molar-refractivity contribution in [2.45, 2.75) is 31.4 Å². The molecule has 11 heteroatoms. The van der Waals surface area contributed by atoms with E-state index in [0.29, 0.717) is 28.7 Å². The van der Waals surface area contributed by atoms with Crippen LogP contribution in [0, 0.1) is 5.82 Å². The SMILES string of the molecule is Cn1c(Nc2cc(C3(C)CC3)ccc2F)nc2cc(Oc3ccnc(-c4ncc(C(F)(F)F)[nH]4)c3)ccc21. The molecule has 1 aliphatic rings. The van der Waals surface area contributed by atoms with Crippen LogP contribution in [0.2, 0.25) is 0 Å². The maximum atomic E-state index is 14.6. The summed E-state index contributed by atoms with van der Waals surface area (Å²) in [5.74, 6) is 0.913. The highest BCUT2D eigenvalue weighted by atomic mass is 19.4. The summed E-state index contributed by atoms with van der Waals surface area (Å²) in [6.07, 6.45) is -0.217. The normalized spacial score (nSPS) is 14.6. The van der Waals surface area contributed by atoms with Crippen LogP contribution in [-0.2, 0) is 18.6 Å². The van der Waals surface area contributed by atoms with E-state index in [9.17, 15) is 17.6 Å². The zero-order chi connectivity index (χ0) is 26.7. The van der Waals surface area contributed by atoms with Crippen molar-refractivity contribution in [1.82, 2.24) is 24.5 Å². The third kappa shape index (κ3) is 4.44. The zero-order valence-electron chi connectivity index (χ0n) is 20.4. The van der Waals surface area contributed by atoms with Crippen LogP contribution in [0.15, 0.2) is 60.9 Å². The number of aryl methyl sites for hydroxylation is 1. The van der Waals surface area contributed by atoms with Gasteiger partial charge in [-0.2, -0.15) is 13.2 Å². The summed E-state index contributed by atoms with van der Waals surface area (Å²) in [4.78, 5) is 14.7. The lowest BCUT2D eigenvalue weighted by atomic mass is 9.98. The Kier molecular flexibility index (Phi) is 5.41. The summed E-state index contributed by atoms with van der Waals surface area (Å²) in [6.45, 7) is 2.17. The highest BCUT2D eigenvalue weighted by Crippen LogP contribution is 2.48. The molecule has 3 heterocycles. The predicted octanol–water partition coefficient (Wildman–Crippen LogP) is 7.10. The summed E-state index contributed by atoms with van der Waals surface area (Å²) in [6, 6.07) is 13.5. The van der Waals surface area contributed by atoms with Gasteiger partial charge in [0.1, 0.15) is 28.7 Å². The Labute approximate surface area is 214 Å². The number of H-pyrrole nitrogens is 1. The van der Waals surface area contributed by atoms with Gasteiger partial charge >= 0.3 is 6.18 Å². The Bertz CT molecular complexity index is 1670. The van der Waals surface area contributed by atoms with Gasteiger partial charge in [-0.25, -0.2) is 14.4 Å². The number of anilines is 2. The number of aromatic nitrogens is 5. The molecule has 0 unspecified atom stereocenters. The standard InChI is InChI=1S/C27H22F4N6O/c1-26(8-9-26)15-3-5-18(28)19(11-15)34-25-35-20-12-16(4-6-22(20)37(25)2)38-17-7-10-32-21(13-17)24-33-14-23(36-24)27(29,30)31/h3-7,10-14H,8-9H2,1-2H3,(H,33,36)(H,34,35). The Balaban J connectivity index is 1.25. The second-order valence-corrected chi connectivity index (χ2v) is 9.65. The minimum absolute atomic E-state index is 0.0225. The number of aromatic amines is 1. The maximum absolute atomic E-state index is 14.6. The molecule has 1 aliphatic carbocycles. The van der Waals surface area contributed by atoms with E-state index in [1.165, 1.54) is 18.3 Å². The molecule has 0 radical (unpaired) electrons. The third-order valence-electron chi connectivity index (χ3n) is 6.85. The fourth-order valence-electron chi connectivity index (χ4n) is 4.28. The van der Waals surface area contributed by atoms with Crippen molar-refractivity contribution in [2.75, 3.05) is 5.32 Å². The van der Waals surface area contributed by atoms with Gasteiger partial charge < -0.3 is 19.6 Å². The fraction of sp³-hybridized carbons (Fsp3) is 0.222. The fourth-order valence-corrected chi connectivity index (χ4v) is 4.28. The summed E-state index contributed by atoms with van der Waals surface area (Å²) in [7, 11) is 1.83. The van der Waals surface area contributed by atoms with Crippen LogP contribution in [0.25, 0.3) is 22.6 Å². The largest absolute Gasteiger partial charge is 0.457 e. The number of nitrogens with zero attached hydrogens (tertiary/aromatic N) is 4. The number of hydrogen-bond donors (Lipinski definition) is 2. The van der Waals surface area contributed by atoms with E-state index >= 15 is 0 Å². The lowest BCUT2D eigenvalue weighted by Gasteiger charge is -2.13. The molecule has 1 fully saturated rings. The van der Waals surface area contributed by atoms with E-state index in [4.69, 9.17) is 4.74 Å². The van der Waals surface area contributed by atoms with Crippen LogP contribution in [0.5, 0.6) is 11.5 Å². The topological polar surface area (TPSA) is 80.7 Å². The second-order valence-electron chi connectivity index (χ2n) is 9.65. The Morgan fingerprint density at radius 3 is 2.55 bits per heavy atom. The molecule has 5 aromatic rings. The highest BCUT2D eigenvalue weighted by molar-refractivity contribution is 5.81. The minimum Gasteiger partial charge on any atom is -0.457 e. The Hall–Kier alpha value is -4.41. The molecule has 0 bridgehead atoms. The highest BCUT2D eigenvalue weighted by Gasteiger charge is 2.39. The summed E-state index contributed by atoms with van der Waals surface area (Å²) in [5, 5.41) is 3.11. The monoisotopic (exact) mass is 522 g/mol. The van der Waals surface area contributed by atoms with Crippen LogP contribution < -0.4 is 10.1 Å². The molecule has 2 N–H and O–H groups in total. The van der Waals surface area contributed by atoms with Crippen LogP contribution in [0.3, 0.4) is 0 Å². The predicted molar refractivity (Wildman–Crippen MR) is 134 cm³/mol. The smallest absolute Gasteiger partial charge is 0.432 e. The van der Waals surface area contributed by atoms with Crippen LogP contribution in [0.1, 0.15) is 31.0 Å². The number of pyridine rings is 1. The van der Waals surface area contributed by atoms with E-state index in [0.717, 1.165) is 30.1 Å². The van der Waals surface area contributed by atoms with E-state index < -0.39 is 11.9 Å². The first-order chi connectivity index (χ1) is 18.1. The van der Waals surface area contributed by atoms with Crippen molar-refractivity contribution < 1.29 is 22.3 Å². The number of benzene rings is 2. The number of alkyl halides is 3. The molecule has 0 spiro atoms. The number of ether oxygens (including phenoxy) is 1. The molecular formula is C27H22F4N6O. The number of halogens is 4. The second kappa shape index (κ2) is 8.57. The van der Waals surface area contributed by atoms with Gasteiger partial charge in [0.15, 0.2) is 5.82 Å². The molecule has 6 rings (SSSR count). The molecule has 0 aliphatic heterocycles. The Morgan fingerprint density at radius 1 is 1.03 bits per heavy atom. The molecule has 194 valence electrons. The molecule has 0 saturated heterocycles. The van der Waals surface area contributed by atoms with Gasteiger partial charge in [-0.3, -0.25) is 4.98 Å². The molecule has 2 aromatic carbocycles. The first-order valence-electron chi connectivity index (χ1n) is 11.9. The molecule has 0 atom stereocenters. The third-order valence-corrected chi connectivity index (χ3v) is 6.85. The van der Waals surface area contributed by atoms with Crippen molar-refractivity contribution >= 4 is 22.7 Å². The Morgan fingerprint density at radius 2 is 1.82 bits per heavy atom. The summed E-state index contributed by atoms with van der Waals surface area (Å²) in [5.41, 5.74) is 2.22. The summed E-state index contributed by atoms with van der Waals surface area (Å²) < 4.78 is 61.1. The molecule has 1 saturated carbocycles. The maximum Gasteiger partial charge on any atom is 0.432 e. The first kappa shape index (κ1) is 24.0. The number of imidazole rings is 2. The lowest BCUT2D eigenvalue weighted by molar-refractivity contribution is -0.140. The van der Waals surface area contributed by atoms with Gasteiger partial charge in [0.25, 0.3) is 0 Å². The number of fused-ring (bicyclic) bond motifs is 1. The minimum atomic E-state index is -4.53. The van der Waals surface area contributed by atoms with Gasteiger partial charge in [-0.05, 0) is 54.2 Å². The van der Waals surface area contributed by atoms with E-state index in [-0.39, 0.29) is 22.8 Å². The molecule has 0 amide bonds. The van der Waals surface area contributed by atoms with Crippen LogP contribution >= 0.6 is 0 Å². The quantitative estimate of drug-likeness (QED) is 0.233. The van der Waals surface area contributed by atoms with Gasteiger partial charge in [0.2, 0.25) is 5.95 Å². The van der Waals surface area contributed by atoms with Crippen molar-refractivity contribution in [3.05, 3.63) is 78.0 Å². The van der Waals surface area contributed by atoms with Crippen LogP contribution in [0.4, 0.5) is 29.2 Å². The van der Waals surface area contributed by atoms with E-state index in [2.05, 4.69) is 32.2 Å². The van der Waals surface area contributed by atoms with E-state index in [1.807, 2.05) is 29.8 Å². The van der Waals surface area contributed by atoms with Gasteiger partial charge in [0, 0.05) is 25.4 Å². The summed E-state index contributed by atoms with van der Waals surface area (Å²) >= 11 is 0. The molecule has 3 aromatic heterocycles. The van der Waals surface area contributed by atoms with Gasteiger partial charge in [-0.1, -0.05) is 13.0 Å². The number of nitrogens with one attached hydrogen (secondary N) is 2. The van der Waals surface area contributed by atoms with Gasteiger partial charge in [0.05, 0.1) is 22.9 Å². The lowest BCUT2D eigenvalue weighted by Crippen LogP contribution is -2.04. The average Bonchev–Trinajstić information content (AvgIpc) is 3.30. The molecule has 7 nitrogen and oxygen atoms in total. The van der Waals surface area contributed by atoms with Crippen molar-refractivity contribution in [2.24, 2.45) is 7.05 Å². The van der Waals surface area contributed by atoms with Crippen molar-refractivity contribution in [3.8, 4) is 23.0 Å². The van der Waals surface area contributed by atoms with Crippen molar-refractivity contribution in [3.63, 3.8) is 0 Å². The number of rotatable bonds is 6. The molecule has 38 heavy (non-hydrogen) atoms. The number of hydrogen-bond acceptors (Lipinski definition) is 5. The first-order valence-corrected chi connectivity index (χ1v) is 11.9. The molecular weight excluding hydrogens is 500 g/mol. The average molecular weight is 523 g/mol. The van der Waals surface area contributed by atoms with Crippen molar-refractivity contribution in [1.29, 1.82) is 0 Å².